The third-order valence-corrected chi connectivity index (χ3v) is 2.86. The SMILES string of the molecule is CC(C)c1ccc(OCCC2OCCO2)cc1. The third kappa shape index (κ3) is 3.72. The predicted molar refractivity (Wildman–Crippen MR) is 66.3 cm³/mol. The first-order chi connectivity index (χ1) is 8.25. The van der Waals surface area contributed by atoms with Crippen molar-refractivity contribution in [1.29, 1.82) is 0 Å². The fourth-order valence-corrected chi connectivity index (χ4v) is 1.80. The summed E-state index contributed by atoms with van der Waals surface area (Å²) in [7, 11) is 0. The van der Waals surface area contributed by atoms with E-state index in [-0.39, 0.29) is 6.29 Å². The Morgan fingerprint density at radius 3 is 2.41 bits per heavy atom. The molecule has 0 aromatic heterocycles. The van der Waals surface area contributed by atoms with Gasteiger partial charge in [0.05, 0.1) is 19.8 Å². The summed E-state index contributed by atoms with van der Waals surface area (Å²) in [5.41, 5.74) is 1.33. The smallest absolute Gasteiger partial charge is 0.161 e. The molecule has 1 aromatic carbocycles. The van der Waals surface area contributed by atoms with Crippen LogP contribution in [0.1, 0.15) is 31.7 Å². The van der Waals surface area contributed by atoms with Crippen LogP contribution in [-0.4, -0.2) is 26.1 Å². The summed E-state index contributed by atoms with van der Waals surface area (Å²) in [6.07, 6.45) is 0.705. The zero-order chi connectivity index (χ0) is 12.1. The molecule has 0 saturated carbocycles. The Kier molecular flexibility index (Phi) is 4.40. The lowest BCUT2D eigenvalue weighted by Crippen LogP contribution is -2.12. The van der Waals surface area contributed by atoms with E-state index in [9.17, 15) is 0 Å². The molecular weight excluding hydrogens is 216 g/mol. The molecule has 0 spiro atoms. The van der Waals surface area contributed by atoms with Crippen LogP contribution >= 0.6 is 0 Å². The van der Waals surface area contributed by atoms with Crippen molar-refractivity contribution in [3.63, 3.8) is 0 Å². The maximum absolute atomic E-state index is 5.64. The lowest BCUT2D eigenvalue weighted by molar-refractivity contribution is -0.0531. The number of hydrogen-bond donors (Lipinski definition) is 0. The predicted octanol–water partition coefficient (Wildman–Crippen LogP) is 2.95. The van der Waals surface area contributed by atoms with Gasteiger partial charge in [-0.05, 0) is 23.6 Å². The van der Waals surface area contributed by atoms with Crippen molar-refractivity contribution >= 4 is 0 Å². The van der Waals surface area contributed by atoms with Crippen LogP contribution < -0.4 is 4.74 Å². The normalized spacial score (nSPS) is 16.6. The highest BCUT2D eigenvalue weighted by atomic mass is 16.7. The van der Waals surface area contributed by atoms with E-state index in [1.54, 1.807) is 0 Å². The fourth-order valence-electron chi connectivity index (χ4n) is 1.80. The van der Waals surface area contributed by atoms with Crippen LogP contribution in [0.2, 0.25) is 0 Å². The minimum absolute atomic E-state index is 0.0788. The van der Waals surface area contributed by atoms with Crippen LogP contribution in [0.3, 0.4) is 0 Å². The largest absolute Gasteiger partial charge is 0.493 e. The molecular formula is C14H20O3. The molecule has 1 aliphatic rings. The number of ether oxygens (including phenoxy) is 3. The van der Waals surface area contributed by atoms with E-state index in [1.165, 1.54) is 5.56 Å². The van der Waals surface area contributed by atoms with Gasteiger partial charge in [-0.2, -0.15) is 0 Å². The van der Waals surface area contributed by atoms with Gasteiger partial charge in [0.15, 0.2) is 6.29 Å². The molecule has 3 nitrogen and oxygen atoms in total. The monoisotopic (exact) mass is 236 g/mol. The summed E-state index contributed by atoms with van der Waals surface area (Å²) in [4.78, 5) is 0. The van der Waals surface area contributed by atoms with Crippen LogP contribution in [0.15, 0.2) is 24.3 Å². The Balaban J connectivity index is 1.74. The lowest BCUT2D eigenvalue weighted by Gasteiger charge is -2.11. The number of rotatable bonds is 5. The van der Waals surface area contributed by atoms with E-state index < -0.39 is 0 Å². The molecule has 1 fully saturated rings. The van der Waals surface area contributed by atoms with Crippen molar-refractivity contribution in [3.05, 3.63) is 29.8 Å². The molecule has 0 bridgehead atoms. The number of hydrogen-bond acceptors (Lipinski definition) is 3. The molecule has 0 unspecified atom stereocenters. The van der Waals surface area contributed by atoms with Crippen molar-refractivity contribution < 1.29 is 14.2 Å². The maximum Gasteiger partial charge on any atom is 0.161 e. The highest BCUT2D eigenvalue weighted by Crippen LogP contribution is 2.19. The number of benzene rings is 1. The molecule has 0 radical (unpaired) electrons. The van der Waals surface area contributed by atoms with E-state index in [1.807, 2.05) is 12.1 Å². The Bertz CT molecular complexity index is 326. The molecule has 2 rings (SSSR count). The van der Waals surface area contributed by atoms with Gasteiger partial charge >= 0.3 is 0 Å². The summed E-state index contributed by atoms with van der Waals surface area (Å²) in [6, 6.07) is 8.27. The van der Waals surface area contributed by atoms with Crippen LogP contribution in [0, 0.1) is 0 Å². The van der Waals surface area contributed by atoms with Gasteiger partial charge < -0.3 is 14.2 Å². The zero-order valence-electron chi connectivity index (χ0n) is 10.5. The first-order valence-electron chi connectivity index (χ1n) is 6.21. The van der Waals surface area contributed by atoms with Crippen molar-refractivity contribution in [1.82, 2.24) is 0 Å². The average molecular weight is 236 g/mol. The molecule has 1 aliphatic heterocycles. The molecule has 3 heteroatoms. The van der Waals surface area contributed by atoms with Gasteiger partial charge in [0.2, 0.25) is 0 Å². The van der Waals surface area contributed by atoms with Crippen molar-refractivity contribution in [2.45, 2.75) is 32.5 Å². The average Bonchev–Trinajstić information content (AvgIpc) is 2.83. The van der Waals surface area contributed by atoms with Gasteiger partial charge in [-0.15, -0.1) is 0 Å². The van der Waals surface area contributed by atoms with Crippen LogP contribution in [0.5, 0.6) is 5.75 Å². The molecule has 17 heavy (non-hydrogen) atoms. The molecule has 0 N–H and O–H groups in total. The fraction of sp³-hybridized carbons (Fsp3) is 0.571. The van der Waals surface area contributed by atoms with Crippen molar-refractivity contribution in [3.8, 4) is 5.75 Å². The summed E-state index contributed by atoms with van der Waals surface area (Å²) >= 11 is 0. The van der Waals surface area contributed by atoms with Gasteiger partial charge in [0.1, 0.15) is 5.75 Å². The molecule has 0 amide bonds. The summed E-state index contributed by atoms with van der Waals surface area (Å²) < 4.78 is 16.3. The van der Waals surface area contributed by atoms with Crippen molar-refractivity contribution in [2.75, 3.05) is 19.8 Å². The maximum atomic E-state index is 5.64. The van der Waals surface area contributed by atoms with E-state index >= 15 is 0 Å². The highest BCUT2D eigenvalue weighted by molar-refractivity contribution is 5.28. The lowest BCUT2D eigenvalue weighted by atomic mass is 10.0. The van der Waals surface area contributed by atoms with Gasteiger partial charge in [-0.1, -0.05) is 26.0 Å². The van der Waals surface area contributed by atoms with E-state index in [0.29, 0.717) is 25.7 Å². The molecule has 0 aliphatic carbocycles. The second-order valence-electron chi connectivity index (χ2n) is 4.53. The van der Waals surface area contributed by atoms with Gasteiger partial charge in [-0.25, -0.2) is 0 Å². The zero-order valence-corrected chi connectivity index (χ0v) is 10.5. The first kappa shape index (κ1) is 12.4. The molecule has 1 aromatic rings. The summed E-state index contributed by atoms with van der Waals surface area (Å²) in [6.45, 7) is 6.41. The van der Waals surface area contributed by atoms with Gasteiger partial charge in [0.25, 0.3) is 0 Å². The van der Waals surface area contributed by atoms with Gasteiger partial charge in [0, 0.05) is 6.42 Å². The Morgan fingerprint density at radius 1 is 1.18 bits per heavy atom. The summed E-state index contributed by atoms with van der Waals surface area (Å²) in [5.74, 6) is 1.47. The molecule has 0 atom stereocenters. The Morgan fingerprint density at radius 2 is 1.82 bits per heavy atom. The van der Waals surface area contributed by atoms with E-state index in [0.717, 1.165) is 12.2 Å². The molecule has 1 heterocycles. The third-order valence-electron chi connectivity index (χ3n) is 2.86. The minimum Gasteiger partial charge on any atom is -0.493 e. The van der Waals surface area contributed by atoms with Gasteiger partial charge in [-0.3, -0.25) is 0 Å². The second-order valence-corrected chi connectivity index (χ2v) is 4.53. The standard InChI is InChI=1S/C14H20O3/c1-11(2)12-3-5-13(6-4-12)15-8-7-14-16-9-10-17-14/h3-6,11,14H,7-10H2,1-2H3. The van der Waals surface area contributed by atoms with Crippen LogP contribution in [-0.2, 0) is 9.47 Å². The van der Waals surface area contributed by atoms with E-state index in [2.05, 4.69) is 26.0 Å². The van der Waals surface area contributed by atoms with E-state index in [4.69, 9.17) is 14.2 Å². The Hall–Kier alpha value is -1.06. The minimum atomic E-state index is -0.0788. The second kappa shape index (κ2) is 6.03. The van der Waals surface area contributed by atoms with Crippen molar-refractivity contribution in [2.24, 2.45) is 0 Å². The summed E-state index contributed by atoms with van der Waals surface area (Å²) in [5, 5.41) is 0. The molecule has 94 valence electrons. The topological polar surface area (TPSA) is 27.7 Å². The highest BCUT2D eigenvalue weighted by Gasteiger charge is 2.15. The quantitative estimate of drug-likeness (QED) is 0.786. The Labute approximate surface area is 103 Å². The first-order valence-corrected chi connectivity index (χ1v) is 6.21. The molecule has 1 saturated heterocycles. The van der Waals surface area contributed by atoms with Crippen LogP contribution in [0.4, 0.5) is 0 Å². The van der Waals surface area contributed by atoms with Crippen LogP contribution in [0.25, 0.3) is 0 Å².